The number of nitrogens with one attached hydrogen (secondary N) is 1. The number of rotatable bonds is 4. The molecule has 0 radical (unpaired) electrons. The van der Waals surface area contributed by atoms with Gasteiger partial charge in [0.05, 0.1) is 0 Å². The second kappa shape index (κ2) is 12.2. The summed E-state index contributed by atoms with van der Waals surface area (Å²) >= 11 is 0. The van der Waals surface area contributed by atoms with Gasteiger partial charge in [0, 0.05) is 51.9 Å². The van der Waals surface area contributed by atoms with Crippen molar-refractivity contribution in [1.29, 1.82) is 0 Å². The number of carboxylic acids is 2. The number of aryl methyl sites for hydroxylation is 1. The number of imidazole rings is 1. The summed E-state index contributed by atoms with van der Waals surface area (Å²) in [6.45, 7) is 6.72. The molecule has 0 saturated carbocycles. The first kappa shape index (κ1) is 25.5. The van der Waals surface area contributed by atoms with Crippen molar-refractivity contribution >= 4 is 29.5 Å². The Balaban J connectivity index is 0.000000519. The van der Waals surface area contributed by atoms with Crippen LogP contribution < -0.4 is 10.6 Å². The molecule has 10 heteroatoms. The van der Waals surface area contributed by atoms with Gasteiger partial charge in [0.25, 0.3) is 17.8 Å². The molecule has 1 fully saturated rings. The van der Waals surface area contributed by atoms with Gasteiger partial charge < -0.3 is 30.7 Å². The minimum atomic E-state index is -0.833. The zero-order valence-electron chi connectivity index (χ0n) is 18.3. The predicted molar refractivity (Wildman–Crippen MR) is 118 cm³/mol. The first-order valence-corrected chi connectivity index (χ1v) is 9.77. The number of aliphatic carboxylic acids is 2. The fourth-order valence-electron chi connectivity index (χ4n) is 3.20. The van der Waals surface area contributed by atoms with Crippen LogP contribution in [0.25, 0.3) is 0 Å². The lowest BCUT2D eigenvalue weighted by Crippen LogP contribution is -2.33. The van der Waals surface area contributed by atoms with E-state index in [1.165, 1.54) is 5.69 Å². The summed E-state index contributed by atoms with van der Waals surface area (Å²) in [6.07, 6.45) is 1.09. The molecule has 1 aromatic carbocycles. The molecule has 3 rings (SSSR count). The maximum Gasteiger partial charge on any atom is 0.300 e. The molecule has 2 heterocycles. The number of para-hydroxylation sites is 1. The van der Waals surface area contributed by atoms with Crippen LogP contribution in [0.2, 0.25) is 0 Å². The van der Waals surface area contributed by atoms with Gasteiger partial charge in [0.15, 0.2) is 11.6 Å². The Morgan fingerprint density at radius 1 is 1.19 bits per heavy atom. The molecule has 1 amide bonds. The topological polar surface area (TPSA) is 153 Å². The summed E-state index contributed by atoms with van der Waals surface area (Å²) in [5, 5.41) is 14.8. The van der Waals surface area contributed by atoms with E-state index in [0.717, 1.165) is 45.6 Å². The number of hydrogen-bond donors (Lipinski definition) is 4. The monoisotopic (exact) mass is 433 g/mol. The van der Waals surface area contributed by atoms with Crippen LogP contribution >= 0.6 is 0 Å². The smallest absolute Gasteiger partial charge is 0.300 e. The fraction of sp³-hybridized carbons (Fsp3) is 0.429. The number of aromatic nitrogens is 2. The highest BCUT2D eigenvalue weighted by Gasteiger charge is 2.26. The van der Waals surface area contributed by atoms with Crippen molar-refractivity contribution in [2.45, 2.75) is 27.2 Å². The average Bonchev–Trinajstić information content (AvgIpc) is 3.27. The molecule has 1 saturated heterocycles. The third kappa shape index (κ3) is 9.20. The van der Waals surface area contributed by atoms with E-state index in [1.54, 1.807) is 4.90 Å². The Bertz CT molecular complexity index is 848. The summed E-state index contributed by atoms with van der Waals surface area (Å²) in [5.74, 6) is -0.982. The van der Waals surface area contributed by atoms with Gasteiger partial charge in [-0.1, -0.05) is 18.2 Å². The van der Waals surface area contributed by atoms with Crippen molar-refractivity contribution in [3.8, 4) is 0 Å². The molecular weight excluding hydrogens is 402 g/mol. The van der Waals surface area contributed by atoms with Crippen molar-refractivity contribution < 1.29 is 24.6 Å². The van der Waals surface area contributed by atoms with Crippen LogP contribution in [0.4, 0.5) is 11.6 Å². The molecule has 0 bridgehead atoms. The molecule has 2 aromatic rings. The number of benzene rings is 1. The zero-order valence-corrected chi connectivity index (χ0v) is 18.3. The van der Waals surface area contributed by atoms with E-state index in [1.807, 2.05) is 20.0 Å². The van der Waals surface area contributed by atoms with Crippen molar-refractivity contribution in [1.82, 2.24) is 14.9 Å². The average molecular weight is 434 g/mol. The first-order valence-electron chi connectivity index (χ1n) is 9.77. The van der Waals surface area contributed by atoms with Crippen LogP contribution in [0, 0.1) is 12.8 Å². The summed E-state index contributed by atoms with van der Waals surface area (Å²) in [6, 6.07) is 10.4. The standard InChI is InChI=1S/C17H23N5O.2C2H4O2/c1-12-15(20-17(18)19-12)16(23)21(2)10-13-8-9-22(11-13)14-6-4-3-5-7-14;2*1-2(3)4/h3-7,13H,8-11H2,1-2H3,(H3,18,19,20);2*1H3,(H,3,4). The highest BCUT2D eigenvalue weighted by Crippen LogP contribution is 2.24. The molecule has 0 spiro atoms. The molecule has 170 valence electrons. The Morgan fingerprint density at radius 2 is 1.74 bits per heavy atom. The quantitative estimate of drug-likeness (QED) is 0.572. The lowest BCUT2D eigenvalue weighted by atomic mass is 10.1. The summed E-state index contributed by atoms with van der Waals surface area (Å²) in [4.78, 5) is 41.6. The van der Waals surface area contributed by atoms with Crippen LogP contribution in [-0.4, -0.2) is 69.6 Å². The van der Waals surface area contributed by atoms with Crippen LogP contribution in [0.1, 0.15) is 36.5 Å². The maximum absolute atomic E-state index is 12.5. The number of aromatic amines is 1. The molecule has 1 aromatic heterocycles. The molecule has 10 nitrogen and oxygen atoms in total. The third-order valence-electron chi connectivity index (χ3n) is 4.39. The number of H-pyrrole nitrogens is 1. The van der Waals surface area contributed by atoms with Crippen LogP contribution in [-0.2, 0) is 9.59 Å². The van der Waals surface area contributed by atoms with Gasteiger partial charge in [-0.15, -0.1) is 0 Å². The van der Waals surface area contributed by atoms with E-state index >= 15 is 0 Å². The van der Waals surface area contributed by atoms with Crippen LogP contribution in [0.5, 0.6) is 0 Å². The van der Waals surface area contributed by atoms with E-state index in [-0.39, 0.29) is 11.9 Å². The van der Waals surface area contributed by atoms with E-state index in [0.29, 0.717) is 11.6 Å². The normalized spacial score (nSPS) is 14.6. The second-order valence-electron chi connectivity index (χ2n) is 7.26. The molecule has 31 heavy (non-hydrogen) atoms. The van der Waals surface area contributed by atoms with E-state index in [4.69, 9.17) is 25.5 Å². The summed E-state index contributed by atoms with van der Waals surface area (Å²) < 4.78 is 0. The minimum Gasteiger partial charge on any atom is -0.481 e. The highest BCUT2D eigenvalue weighted by molar-refractivity contribution is 5.93. The van der Waals surface area contributed by atoms with Crippen molar-refractivity contribution in [3.05, 3.63) is 41.7 Å². The van der Waals surface area contributed by atoms with E-state index in [2.05, 4.69) is 39.1 Å². The molecular formula is C21H31N5O5. The lowest BCUT2D eigenvalue weighted by molar-refractivity contribution is -0.135. The Hall–Kier alpha value is -3.56. The number of carbonyl (C=O) groups excluding carboxylic acids is 1. The van der Waals surface area contributed by atoms with Crippen molar-refractivity contribution in [2.24, 2.45) is 5.92 Å². The SMILES string of the molecule is CC(=O)O.CC(=O)O.Cc1[nH]c(N)nc1C(=O)N(C)CC1CCN(c2ccccc2)C1. The number of nitrogen functional groups attached to an aromatic ring is 1. The molecule has 1 aliphatic rings. The Morgan fingerprint density at radius 3 is 2.23 bits per heavy atom. The summed E-state index contributed by atoms with van der Waals surface area (Å²) in [7, 11) is 1.83. The van der Waals surface area contributed by atoms with Crippen LogP contribution in [0.15, 0.2) is 30.3 Å². The fourth-order valence-corrected chi connectivity index (χ4v) is 3.20. The number of hydrogen-bond acceptors (Lipinski definition) is 6. The Labute approximate surface area is 181 Å². The number of nitrogens with zero attached hydrogens (tertiary/aromatic N) is 3. The van der Waals surface area contributed by atoms with Gasteiger partial charge >= 0.3 is 0 Å². The molecule has 5 N–H and O–H groups in total. The Kier molecular flexibility index (Phi) is 10.0. The third-order valence-corrected chi connectivity index (χ3v) is 4.39. The number of nitrogens with two attached hydrogens (primary N) is 1. The molecule has 0 aliphatic carbocycles. The number of anilines is 2. The van der Waals surface area contributed by atoms with Gasteiger partial charge in [0.1, 0.15) is 0 Å². The first-order chi connectivity index (χ1) is 14.5. The van der Waals surface area contributed by atoms with E-state index in [9.17, 15) is 4.79 Å². The number of carbonyl (C=O) groups is 3. The lowest BCUT2D eigenvalue weighted by Gasteiger charge is -2.22. The summed E-state index contributed by atoms with van der Waals surface area (Å²) in [5.41, 5.74) is 8.01. The number of carboxylic acid groups (broad SMARTS) is 2. The van der Waals surface area contributed by atoms with Gasteiger partial charge in [-0.2, -0.15) is 0 Å². The molecule has 1 atom stereocenters. The van der Waals surface area contributed by atoms with Crippen LogP contribution in [0.3, 0.4) is 0 Å². The number of amides is 1. The van der Waals surface area contributed by atoms with Gasteiger partial charge in [-0.3, -0.25) is 14.4 Å². The zero-order chi connectivity index (χ0) is 23.6. The predicted octanol–water partition coefficient (Wildman–Crippen LogP) is 2.08. The molecule has 1 aliphatic heterocycles. The van der Waals surface area contributed by atoms with Gasteiger partial charge in [-0.25, -0.2) is 4.98 Å². The van der Waals surface area contributed by atoms with Crippen molar-refractivity contribution in [2.75, 3.05) is 37.3 Å². The van der Waals surface area contributed by atoms with Gasteiger partial charge in [-0.05, 0) is 31.4 Å². The largest absolute Gasteiger partial charge is 0.481 e. The van der Waals surface area contributed by atoms with E-state index < -0.39 is 11.9 Å². The van der Waals surface area contributed by atoms with Crippen molar-refractivity contribution in [3.63, 3.8) is 0 Å². The minimum absolute atomic E-state index is 0.0754. The molecule has 1 unspecified atom stereocenters. The maximum atomic E-state index is 12.5. The highest BCUT2D eigenvalue weighted by atomic mass is 16.4. The van der Waals surface area contributed by atoms with Gasteiger partial charge in [0.2, 0.25) is 0 Å². The second-order valence-corrected chi connectivity index (χ2v) is 7.26.